The van der Waals surface area contributed by atoms with Gasteiger partial charge in [-0.05, 0) is 49.4 Å². The van der Waals surface area contributed by atoms with Crippen molar-refractivity contribution in [1.82, 2.24) is 0 Å². The summed E-state index contributed by atoms with van der Waals surface area (Å²) in [6.07, 6.45) is 6.92. The van der Waals surface area contributed by atoms with E-state index in [9.17, 15) is 0 Å². The van der Waals surface area contributed by atoms with Gasteiger partial charge in [0, 0.05) is 5.92 Å². The molecule has 0 N–H and O–H groups in total. The second-order valence-electron chi connectivity index (χ2n) is 6.50. The Morgan fingerprint density at radius 3 is 2.75 bits per heavy atom. The Kier molecular flexibility index (Phi) is 2.81. The molecule has 0 aromatic rings. The summed E-state index contributed by atoms with van der Waals surface area (Å²) in [7, 11) is -1.56. The minimum Gasteiger partial charge on any atom is -0.547 e. The first-order chi connectivity index (χ1) is 7.37. The predicted octanol–water partition coefficient (Wildman–Crippen LogP) is 4.34. The number of rotatable bonds is 4. The molecule has 0 amide bonds. The third kappa shape index (κ3) is 1.88. The summed E-state index contributed by atoms with van der Waals surface area (Å²) in [5.74, 6) is 2.88. The Morgan fingerprint density at radius 1 is 1.56 bits per heavy atom. The molecule has 0 heterocycles. The lowest BCUT2D eigenvalue weighted by atomic mass is 9.50. The molecule has 0 aliphatic heterocycles. The van der Waals surface area contributed by atoms with E-state index in [2.05, 4.69) is 39.6 Å². The van der Waals surface area contributed by atoms with Crippen LogP contribution < -0.4 is 0 Å². The quantitative estimate of drug-likeness (QED) is 0.521. The largest absolute Gasteiger partial charge is 0.547 e. The van der Waals surface area contributed by atoms with Crippen LogP contribution in [0.4, 0.5) is 0 Å². The maximum Gasteiger partial charge on any atom is 0.248 e. The lowest BCUT2D eigenvalue weighted by Crippen LogP contribution is -2.50. The normalized spacial score (nSPS) is 31.4. The Bertz CT molecular complexity index is 328. The highest BCUT2D eigenvalue weighted by atomic mass is 28.4. The molecule has 0 aromatic carbocycles. The molecule has 1 nitrogen and oxygen atoms in total. The molecule has 2 atom stereocenters. The van der Waals surface area contributed by atoms with Crippen molar-refractivity contribution in [1.29, 1.82) is 0 Å². The molecule has 0 radical (unpaired) electrons. The summed E-state index contributed by atoms with van der Waals surface area (Å²) in [5, 5.41) is 0. The first kappa shape index (κ1) is 12.0. The summed E-state index contributed by atoms with van der Waals surface area (Å²) in [4.78, 5) is 0. The standard InChI is InChI=1S/C14H24OSi/c1-6-9-16(4,5)15-13-8-7-11-10-12(13)14(11,2)3/h6,8,11-12H,1,7,9-10H2,2-5H3/t11-,12+/m1/s1. The van der Waals surface area contributed by atoms with Gasteiger partial charge >= 0.3 is 0 Å². The van der Waals surface area contributed by atoms with Crippen molar-refractivity contribution in [3.63, 3.8) is 0 Å². The van der Waals surface area contributed by atoms with Crippen LogP contribution in [0.15, 0.2) is 24.5 Å². The average molecular weight is 236 g/mol. The van der Waals surface area contributed by atoms with Crippen LogP contribution in [0.2, 0.25) is 19.1 Å². The van der Waals surface area contributed by atoms with Crippen LogP contribution >= 0.6 is 0 Å². The zero-order chi connectivity index (χ0) is 12.0. The van der Waals surface area contributed by atoms with Crippen molar-refractivity contribution in [3.8, 4) is 0 Å². The molecule has 90 valence electrons. The lowest BCUT2D eigenvalue weighted by Gasteiger charge is -2.56. The van der Waals surface area contributed by atoms with Gasteiger partial charge in [0.25, 0.3) is 0 Å². The minimum absolute atomic E-state index is 0.475. The van der Waals surface area contributed by atoms with Crippen molar-refractivity contribution >= 4 is 8.32 Å². The van der Waals surface area contributed by atoms with Gasteiger partial charge in [0.2, 0.25) is 8.32 Å². The Balaban J connectivity index is 2.06. The van der Waals surface area contributed by atoms with Gasteiger partial charge < -0.3 is 4.43 Å². The van der Waals surface area contributed by atoms with Crippen LogP contribution in [-0.4, -0.2) is 8.32 Å². The van der Waals surface area contributed by atoms with Crippen molar-refractivity contribution in [3.05, 3.63) is 24.5 Å². The first-order valence-corrected chi connectivity index (χ1v) is 9.48. The van der Waals surface area contributed by atoms with Crippen molar-refractivity contribution in [2.24, 2.45) is 17.3 Å². The third-order valence-corrected chi connectivity index (χ3v) is 6.51. The average Bonchev–Trinajstić information content (AvgIpc) is 2.16. The molecule has 3 aliphatic rings. The molecule has 0 saturated heterocycles. The summed E-state index contributed by atoms with van der Waals surface area (Å²) in [6.45, 7) is 13.2. The molecular weight excluding hydrogens is 212 g/mol. The fourth-order valence-electron chi connectivity index (χ4n) is 3.12. The molecule has 16 heavy (non-hydrogen) atoms. The predicted molar refractivity (Wildman–Crippen MR) is 71.6 cm³/mol. The highest BCUT2D eigenvalue weighted by Gasteiger charge is 2.52. The van der Waals surface area contributed by atoms with Crippen LogP contribution in [-0.2, 0) is 4.43 Å². The van der Waals surface area contributed by atoms with E-state index >= 15 is 0 Å². The second-order valence-corrected chi connectivity index (χ2v) is 10.6. The fourth-order valence-corrected chi connectivity index (χ4v) is 4.76. The Morgan fingerprint density at radius 2 is 2.25 bits per heavy atom. The third-order valence-electron chi connectivity index (χ3n) is 4.45. The smallest absolute Gasteiger partial charge is 0.248 e. The molecular formula is C14H24OSi. The molecule has 2 heteroatoms. The fraction of sp³-hybridized carbons (Fsp3) is 0.714. The molecule has 3 aliphatic carbocycles. The van der Waals surface area contributed by atoms with Crippen LogP contribution in [0.25, 0.3) is 0 Å². The van der Waals surface area contributed by atoms with E-state index in [1.807, 2.05) is 6.08 Å². The van der Waals surface area contributed by atoms with Gasteiger partial charge in [-0.25, -0.2) is 0 Å². The summed E-state index contributed by atoms with van der Waals surface area (Å²) in [6, 6.07) is 1.04. The van der Waals surface area contributed by atoms with Gasteiger partial charge in [-0.2, -0.15) is 0 Å². The Labute approximate surface area is 101 Å². The highest BCUT2D eigenvalue weighted by Crippen LogP contribution is 2.59. The van der Waals surface area contributed by atoms with Gasteiger partial charge in [-0.3, -0.25) is 0 Å². The molecule has 1 fully saturated rings. The van der Waals surface area contributed by atoms with E-state index in [1.165, 1.54) is 18.6 Å². The molecule has 3 rings (SSSR count). The number of allylic oxidation sites excluding steroid dienone is 3. The van der Waals surface area contributed by atoms with Crippen LogP contribution in [0.5, 0.6) is 0 Å². The van der Waals surface area contributed by atoms with Gasteiger partial charge in [0.1, 0.15) is 0 Å². The van der Waals surface area contributed by atoms with E-state index in [-0.39, 0.29) is 0 Å². The van der Waals surface area contributed by atoms with E-state index in [0.29, 0.717) is 11.3 Å². The SMILES string of the molecule is C=CC[Si](C)(C)OC1=CC[C@@H]2C[C@@H]1C2(C)C. The van der Waals surface area contributed by atoms with E-state index in [4.69, 9.17) is 4.43 Å². The maximum atomic E-state index is 6.33. The van der Waals surface area contributed by atoms with Crippen LogP contribution in [0.1, 0.15) is 26.7 Å². The van der Waals surface area contributed by atoms with Crippen molar-refractivity contribution in [2.75, 3.05) is 0 Å². The zero-order valence-electron chi connectivity index (χ0n) is 11.0. The molecule has 1 saturated carbocycles. The number of hydrogen-bond acceptors (Lipinski definition) is 1. The first-order valence-electron chi connectivity index (χ1n) is 6.37. The zero-order valence-corrected chi connectivity index (χ0v) is 12.0. The molecule has 2 bridgehead atoms. The van der Waals surface area contributed by atoms with E-state index < -0.39 is 8.32 Å². The number of fused-ring (bicyclic) bond motifs is 1. The topological polar surface area (TPSA) is 9.23 Å². The van der Waals surface area contributed by atoms with Gasteiger partial charge in [-0.1, -0.05) is 19.9 Å². The summed E-state index contributed by atoms with van der Waals surface area (Å²) in [5.41, 5.74) is 0.475. The monoisotopic (exact) mass is 236 g/mol. The van der Waals surface area contributed by atoms with Crippen molar-refractivity contribution in [2.45, 2.75) is 45.8 Å². The van der Waals surface area contributed by atoms with Crippen LogP contribution in [0, 0.1) is 17.3 Å². The lowest BCUT2D eigenvalue weighted by molar-refractivity contribution is -0.0302. The molecule has 0 aromatic heterocycles. The van der Waals surface area contributed by atoms with E-state index in [0.717, 1.165) is 12.0 Å². The summed E-state index contributed by atoms with van der Waals surface area (Å²) < 4.78 is 6.33. The second kappa shape index (κ2) is 3.76. The Hall–Kier alpha value is -0.503. The van der Waals surface area contributed by atoms with Gasteiger partial charge in [-0.15, -0.1) is 6.58 Å². The van der Waals surface area contributed by atoms with Crippen molar-refractivity contribution < 1.29 is 4.43 Å². The summed E-state index contributed by atoms with van der Waals surface area (Å²) >= 11 is 0. The molecule has 0 spiro atoms. The highest BCUT2D eigenvalue weighted by molar-refractivity contribution is 6.71. The number of hydrogen-bond donors (Lipinski definition) is 0. The minimum atomic E-state index is -1.56. The van der Waals surface area contributed by atoms with Gasteiger partial charge in [0.05, 0.1) is 5.76 Å². The van der Waals surface area contributed by atoms with Crippen LogP contribution in [0.3, 0.4) is 0 Å². The maximum absolute atomic E-state index is 6.33. The molecule has 0 unspecified atom stereocenters. The van der Waals surface area contributed by atoms with E-state index in [1.54, 1.807) is 0 Å². The van der Waals surface area contributed by atoms with Gasteiger partial charge in [0.15, 0.2) is 0 Å².